The SMILES string of the molecule is CC(/C=C(/C)[N-]CCP(c1ccccc1)c1ccccc1)=Nc1c(C(C)C)cccc1C(C)C.CC(C)c1cccc(C(C)C)c1O.[Zn]. The molecule has 0 radical (unpaired) electrons. The first-order chi connectivity index (χ1) is 22.4. The van der Waals surface area contributed by atoms with Crippen molar-refractivity contribution in [2.45, 2.75) is 92.9 Å². The van der Waals surface area contributed by atoms with Gasteiger partial charge in [0.2, 0.25) is 0 Å². The summed E-state index contributed by atoms with van der Waals surface area (Å²) in [6.45, 7) is 22.3. The standard InChI is InChI=1S/C31H38N2P.C12H18O.Zn/c1-23(2)29-18-13-19-30(24(3)4)31(29)33-26(6)22-25(5)32-20-21-34(27-14-9-7-10-15-27)28-16-11-8-12-17-28;1-8(2)10-6-5-7-11(9(3)4)12(10)13;/h7-19,22-24H,20-21H2,1-6H3;5-9,13H,1-4H3;/q-1;;/b25-22-,33-26?;;. The molecule has 0 saturated heterocycles. The van der Waals surface area contributed by atoms with Gasteiger partial charge in [-0.3, -0.25) is 4.99 Å². The van der Waals surface area contributed by atoms with Gasteiger partial charge in [-0.1, -0.05) is 165 Å². The average Bonchev–Trinajstić information content (AvgIpc) is 3.04. The van der Waals surface area contributed by atoms with E-state index in [-0.39, 0.29) is 19.5 Å². The van der Waals surface area contributed by atoms with Crippen molar-refractivity contribution in [2.75, 3.05) is 12.7 Å². The maximum Gasteiger partial charge on any atom is 0.122 e. The number of hydrogen-bond acceptors (Lipinski definition) is 2. The summed E-state index contributed by atoms with van der Waals surface area (Å²) >= 11 is 0. The molecule has 0 amide bonds. The second kappa shape index (κ2) is 20.5. The van der Waals surface area contributed by atoms with Crippen LogP contribution in [0.3, 0.4) is 0 Å². The summed E-state index contributed by atoms with van der Waals surface area (Å²) in [5.74, 6) is 2.13. The predicted octanol–water partition coefficient (Wildman–Crippen LogP) is 12.1. The van der Waals surface area contributed by atoms with E-state index in [1.54, 1.807) is 0 Å². The third-order valence-corrected chi connectivity index (χ3v) is 10.7. The Morgan fingerprint density at radius 2 is 1.02 bits per heavy atom. The predicted molar refractivity (Wildman–Crippen MR) is 210 cm³/mol. The van der Waals surface area contributed by atoms with E-state index in [1.165, 1.54) is 21.7 Å². The normalized spacial score (nSPS) is 12.0. The van der Waals surface area contributed by atoms with Crippen LogP contribution < -0.4 is 10.6 Å². The zero-order valence-corrected chi connectivity index (χ0v) is 34.9. The number of nitrogens with zero attached hydrogens (tertiary/aromatic N) is 2. The van der Waals surface area contributed by atoms with Crippen molar-refractivity contribution in [1.29, 1.82) is 0 Å². The van der Waals surface area contributed by atoms with E-state index in [0.29, 0.717) is 29.4 Å². The molecule has 48 heavy (non-hydrogen) atoms. The van der Waals surface area contributed by atoms with Gasteiger partial charge in [0.25, 0.3) is 0 Å². The van der Waals surface area contributed by atoms with Crippen molar-refractivity contribution >= 4 is 29.9 Å². The van der Waals surface area contributed by atoms with E-state index in [2.05, 4.69) is 154 Å². The first-order valence-electron chi connectivity index (χ1n) is 17.1. The smallest absolute Gasteiger partial charge is 0.122 e. The molecule has 1 N–H and O–H groups in total. The van der Waals surface area contributed by atoms with Crippen LogP contribution in [-0.4, -0.2) is 23.5 Å². The van der Waals surface area contributed by atoms with Crippen LogP contribution in [0.2, 0.25) is 0 Å². The first kappa shape index (κ1) is 41.1. The summed E-state index contributed by atoms with van der Waals surface area (Å²) in [6.07, 6.45) is 3.16. The molecular formula is C43H56N2OPZn-. The van der Waals surface area contributed by atoms with Gasteiger partial charge >= 0.3 is 0 Å². The molecule has 3 nitrogen and oxygen atoms in total. The summed E-state index contributed by atoms with van der Waals surface area (Å²) in [4.78, 5) is 5.06. The molecule has 4 aromatic rings. The minimum absolute atomic E-state index is 0. The molecule has 0 fully saturated rings. The molecule has 0 atom stereocenters. The molecule has 0 bridgehead atoms. The number of aromatic hydroxyl groups is 1. The number of aliphatic imine (C=N–C) groups is 1. The van der Waals surface area contributed by atoms with E-state index in [9.17, 15) is 5.11 Å². The Morgan fingerprint density at radius 1 is 0.625 bits per heavy atom. The monoisotopic (exact) mass is 711 g/mol. The fourth-order valence-corrected chi connectivity index (χ4v) is 7.84. The van der Waals surface area contributed by atoms with E-state index in [4.69, 9.17) is 10.3 Å². The third-order valence-electron chi connectivity index (χ3n) is 8.21. The Balaban J connectivity index is 0.000000481. The largest absolute Gasteiger partial charge is 0.688 e. The van der Waals surface area contributed by atoms with Crippen LogP contribution in [0.1, 0.15) is 115 Å². The van der Waals surface area contributed by atoms with Crippen molar-refractivity contribution in [3.8, 4) is 5.75 Å². The van der Waals surface area contributed by atoms with Crippen molar-refractivity contribution in [3.05, 3.63) is 136 Å². The summed E-state index contributed by atoms with van der Waals surface area (Å²) < 4.78 is 0. The molecular weight excluding hydrogens is 657 g/mol. The maximum atomic E-state index is 9.93. The fraction of sp³-hybridized carbons (Fsp3) is 0.372. The van der Waals surface area contributed by atoms with Crippen molar-refractivity contribution in [1.82, 2.24) is 0 Å². The molecule has 0 aliphatic heterocycles. The second-order valence-corrected chi connectivity index (χ2v) is 15.8. The molecule has 252 valence electrons. The Hall–Kier alpha value is -3.06. The quantitative estimate of drug-likeness (QED) is 0.0887. The number of hydrogen-bond donors (Lipinski definition) is 1. The second-order valence-electron chi connectivity index (χ2n) is 13.4. The molecule has 0 saturated carbocycles. The molecule has 4 aromatic carbocycles. The van der Waals surface area contributed by atoms with Crippen molar-refractivity contribution in [3.63, 3.8) is 0 Å². The van der Waals surface area contributed by atoms with Gasteiger partial charge in [-0.05, 0) is 77.5 Å². The molecule has 0 unspecified atom stereocenters. The summed E-state index contributed by atoms with van der Waals surface area (Å²) in [6, 6.07) is 34.3. The number of para-hydroxylation sites is 2. The van der Waals surface area contributed by atoms with E-state index >= 15 is 0 Å². The van der Waals surface area contributed by atoms with Gasteiger partial charge in [-0.2, -0.15) is 5.70 Å². The molecule has 0 aromatic heterocycles. The number of phenolic OH excluding ortho intramolecular Hbond substituents is 1. The van der Waals surface area contributed by atoms with Crippen molar-refractivity contribution < 1.29 is 24.6 Å². The van der Waals surface area contributed by atoms with Crippen LogP contribution in [0.25, 0.3) is 5.32 Å². The fourth-order valence-electron chi connectivity index (χ4n) is 5.66. The van der Waals surface area contributed by atoms with Crippen LogP contribution in [-0.2, 0) is 19.5 Å². The summed E-state index contributed by atoms with van der Waals surface area (Å²) in [5.41, 5.74) is 7.88. The van der Waals surface area contributed by atoms with Crippen LogP contribution >= 0.6 is 7.92 Å². The molecule has 0 spiro atoms. The molecule has 0 aliphatic carbocycles. The zero-order valence-electron chi connectivity index (χ0n) is 31.0. The maximum absolute atomic E-state index is 9.93. The van der Waals surface area contributed by atoms with Gasteiger partial charge in [0, 0.05) is 25.2 Å². The first-order valence-corrected chi connectivity index (χ1v) is 18.7. The number of phenols is 1. The zero-order chi connectivity index (χ0) is 34.5. The molecule has 0 aliphatic rings. The topological polar surface area (TPSA) is 46.7 Å². The average molecular weight is 713 g/mol. The number of rotatable bonds is 12. The summed E-state index contributed by atoms with van der Waals surface area (Å²) in [5, 5.41) is 17.7. The summed E-state index contributed by atoms with van der Waals surface area (Å²) in [7, 11) is -0.416. The third kappa shape index (κ3) is 12.1. The van der Waals surface area contributed by atoms with Crippen LogP contribution in [0.5, 0.6) is 5.75 Å². The Morgan fingerprint density at radius 3 is 1.42 bits per heavy atom. The Labute approximate surface area is 305 Å². The van der Waals surface area contributed by atoms with Gasteiger partial charge < -0.3 is 10.4 Å². The minimum Gasteiger partial charge on any atom is -0.688 e. The van der Waals surface area contributed by atoms with E-state index in [1.807, 2.05) is 18.2 Å². The Kier molecular flexibility index (Phi) is 17.5. The van der Waals surface area contributed by atoms with Gasteiger partial charge in [0.1, 0.15) is 5.75 Å². The number of allylic oxidation sites excluding steroid dienone is 2. The van der Waals surface area contributed by atoms with Crippen molar-refractivity contribution in [2.24, 2.45) is 4.99 Å². The van der Waals surface area contributed by atoms with Crippen LogP contribution in [0.15, 0.2) is 114 Å². The van der Waals surface area contributed by atoms with Gasteiger partial charge in [-0.25, -0.2) is 0 Å². The molecule has 5 heteroatoms. The van der Waals surface area contributed by atoms with Gasteiger partial charge in [0.05, 0.1) is 5.69 Å². The minimum atomic E-state index is -0.416. The van der Waals surface area contributed by atoms with E-state index < -0.39 is 7.92 Å². The Bertz CT molecular complexity index is 1500. The van der Waals surface area contributed by atoms with Gasteiger partial charge in [-0.15, -0.1) is 6.54 Å². The number of benzene rings is 4. The van der Waals surface area contributed by atoms with Crippen LogP contribution in [0, 0.1) is 0 Å². The van der Waals surface area contributed by atoms with Crippen LogP contribution in [0.4, 0.5) is 5.69 Å². The van der Waals surface area contributed by atoms with Gasteiger partial charge in [0.15, 0.2) is 0 Å². The van der Waals surface area contributed by atoms with E-state index in [0.717, 1.165) is 40.9 Å². The molecule has 0 heterocycles. The molecule has 4 rings (SSSR count).